The standard InChI is InChI=1S/C11H15FN2OS/c1-2-14-11(15)5-6-16-8-3-4-10(13)9(12)7-8/h3-4,7H,2,5-6,13H2,1H3,(H,14,15). The van der Waals surface area contributed by atoms with Gasteiger partial charge in [0.25, 0.3) is 0 Å². The molecule has 0 heterocycles. The molecule has 0 atom stereocenters. The third-order valence-corrected chi connectivity index (χ3v) is 2.94. The van der Waals surface area contributed by atoms with Gasteiger partial charge in [0, 0.05) is 23.6 Å². The van der Waals surface area contributed by atoms with Crippen molar-refractivity contribution in [1.82, 2.24) is 5.32 Å². The molecule has 1 aromatic rings. The predicted octanol–water partition coefficient (Wildman–Crippen LogP) is 2.03. The van der Waals surface area contributed by atoms with Crippen LogP contribution in [0, 0.1) is 5.82 Å². The Hall–Kier alpha value is -1.23. The number of nitrogens with one attached hydrogen (secondary N) is 1. The summed E-state index contributed by atoms with van der Waals surface area (Å²) in [4.78, 5) is 11.9. The smallest absolute Gasteiger partial charge is 0.220 e. The zero-order chi connectivity index (χ0) is 12.0. The molecule has 0 aliphatic heterocycles. The van der Waals surface area contributed by atoms with E-state index in [9.17, 15) is 9.18 Å². The second kappa shape index (κ2) is 6.37. The zero-order valence-electron chi connectivity index (χ0n) is 9.13. The number of amides is 1. The van der Waals surface area contributed by atoms with E-state index >= 15 is 0 Å². The van der Waals surface area contributed by atoms with E-state index in [0.29, 0.717) is 18.7 Å². The van der Waals surface area contributed by atoms with Gasteiger partial charge in [-0.2, -0.15) is 0 Å². The molecule has 3 N–H and O–H groups in total. The monoisotopic (exact) mass is 242 g/mol. The number of benzene rings is 1. The Kier molecular flexibility index (Phi) is 5.11. The number of carbonyl (C=O) groups is 1. The molecule has 3 nitrogen and oxygen atoms in total. The van der Waals surface area contributed by atoms with E-state index in [1.165, 1.54) is 23.9 Å². The highest BCUT2D eigenvalue weighted by atomic mass is 32.2. The number of carbonyl (C=O) groups excluding carboxylic acids is 1. The van der Waals surface area contributed by atoms with Gasteiger partial charge < -0.3 is 11.1 Å². The minimum atomic E-state index is -0.414. The Bertz CT molecular complexity index is 371. The van der Waals surface area contributed by atoms with Gasteiger partial charge in [-0.15, -0.1) is 11.8 Å². The molecule has 0 aliphatic rings. The zero-order valence-corrected chi connectivity index (χ0v) is 9.94. The molecule has 0 aromatic heterocycles. The van der Waals surface area contributed by atoms with Crippen molar-refractivity contribution < 1.29 is 9.18 Å². The average Bonchev–Trinajstić information content (AvgIpc) is 2.24. The van der Waals surface area contributed by atoms with Crippen LogP contribution in [0.4, 0.5) is 10.1 Å². The molecule has 1 rings (SSSR count). The molecule has 1 amide bonds. The summed E-state index contributed by atoms with van der Waals surface area (Å²) < 4.78 is 13.1. The molecule has 0 fully saturated rings. The van der Waals surface area contributed by atoms with Crippen LogP contribution in [0.5, 0.6) is 0 Å². The van der Waals surface area contributed by atoms with Gasteiger partial charge >= 0.3 is 0 Å². The van der Waals surface area contributed by atoms with Crippen LogP contribution in [0.2, 0.25) is 0 Å². The number of halogens is 1. The molecular weight excluding hydrogens is 227 g/mol. The van der Waals surface area contributed by atoms with Crippen LogP contribution in [-0.2, 0) is 4.79 Å². The van der Waals surface area contributed by atoms with E-state index in [4.69, 9.17) is 5.73 Å². The summed E-state index contributed by atoms with van der Waals surface area (Å²) in [5.74, 6) is 0.240. The van der Waals surface area contributed by atoms with E-state index in [1.54, 1.807) is 6.07 Å². The fraction of sp³-hybridized carbons (Fsp3) is 0.364. The quantitative estimate of drug-likeness (QED) is 0.613. The number of hydrogen-bond donors (Lipinski definition) is 2. The molecule has 0 radical (unpaired) electrons. The summed E-state index contributed by atoms with van der Waals surface area (Å²) in [5, 5.41) is 2.71. The molecule has 0 bridgehead atoms. The fourth-order valence-electron chi connectivity index (χ4n) is 1.14. The molecule has 1 aromatic carbocycles. The van der Waals surface area contributed by atoms with Gasteiger partial charge in [0.15, 0.2) is 0 Å². The molecule has 0 unspecified atom stereocenters. The van der Waals surface area contributed by atoms with Gasteiger partial charge in [0.05, 0.1) is 5.69 Å². The van der Waals surface area contributed by atoms with Gasteiger partial charge in [-0.3, -0.25) is 4.79 Å². The maximum absolute atomic E-state index is 13.1. The Balaban J connectivity index is 2.37. The summed E-state index contributed by atoms with van der Waals surface area (Å²) in [6.07, 6.45) is 0.435. The van der Waals surface area contributed by atoms with Crippen molar-refractivity contribution in [2.75, 3.05) is 18.0 Å². The number of thioether (sulfide) groups is 1. The number of hydrogen-bond acceptors (Lipinski definition) is 3. The minimum absolute atomic E-state index is 0.0194. The van der Waals surface area contributed by atoms with Crippen LogP contribution >= 0.6 is 11.8 Å². The lowest BCUT2D eigenvalue weighted by molar-refractivity contribution is -0.120. The van der Waals surface area contributed by atoms with Crippen LogP contribution in [0.15, 0.2) is 23.1 Å². The molecule has 16 heavy (non-hydrogen) atoms. The normalized spacial score (nSPS) is 10.1. The Labute approximate surface area is 98.6 Å². The SMILES string of the molecule is CCNC(=O)CCSc1ccc(N)c(F)c1. The van der Waals surface area contributed by atoms with Crippen LogP contribution in [0.3, 0.4) is 0 Å². The number of nitrogens with two attached hydrogens (primary N) is 1. The Morgan fingerprint density at radius 2 is 2.31 bits per heavy atom. The third kappa shape index (κ3) is 4.10. The fourth-order valence-corrected chi connectivity index (χ4v) is 2.02. The summed E-state index contributed by atoms with van der Waals surface area (Å²) in [6.45, 7) is 2.51. The van der Waals surface area contributed by atoms with Crippen molar-refractivity contribution in [1.29, 1.82) is 0 Å². The second-order valence-corrected chi connectivity index (χ2v) is 4.40. The van der Waals surface area contributed by atoms with Gasteiger partial charge in [-0.05, 0) is 25.1 Å². The number of rotatable bonds is 5. The van der Waals surface area contributed by atoms with Crippen molar-refractivity contribution >= 4 is 23.4 Å². The topological polar surface area (TPSA) is 55.1 Å². The van der Waals surface area contributed by atoms with Crippen LogP contribution in [0.1, 0.15) is 13.3 Å². The van der Waals surface area contributed by atoms with Gasteiger partial charge in [-0.25, -0.2) is 4.39 Å². The second-order valence-electron chi connectivity index (χ2n) is 3.24. The molecule has 0 saturated carbocycles. The molecule has 88 valence electrons. The van der Waals surface area contributed by atoms with Crippen LogP contribution in [0.25, 0.3) is 0 Å². The van der Waals surface area contributed by atoms with Gasteiger partial charge in [-0.1, -0.05) is 0 Å². The van der Waals surface area contributed by atoms with Crippen LogP contribution in [-0.4, -0.2) is 18.2 Å². The highest BCUT2D eigenvalue weighted by Crippen LogP contribution is 2.22. The maximum atomic E-state index is 13.1. The van der Waals surface area contributed by atoms with E-state index in [0.717, 1.165) is 4.90 Å². The first-order chi connectivity index (χ1) is 7.63. The number of anilines is 1. The van der Waals surface area contributed by atoms with Crippen molar-refractivity contribution in [2.45, 2.75) is 18.2 Å². The van der Waals surface area contributed by atoms with Crippen molar-refractivity contribution in [3.05, 3.63) is 24.0 Å². The first-order valence-electron chi connectivity index (χ1n) is 5.08. The average molecular weight is 242 g/mol. The lowest BCUT2D eigenvalue weighted by Crippen LogP contribution is -2.22. The lowest BCUT2D eigenvalue weighted by Gasteiger charge is -2.03. The molecule has 0 spiro atoms. The molecule has 0 aliphatic carbocycles. The van der Waals surface area contributed by atoms with Gasteiger partial charge in [0.1, 0.15) is 5.82 Å². The molecular formula is C11H15FN2OS. The summed E-state index contributed by atoms with van der Waals surface area (Å²) in [6, 6.07) is 4.67. The highest BCUT2D eigenvalue weighted by Gasteiger charge is 2.03. The van der Waals surface area contributed by atoms with E-state index in [2.05, 4.69) is 5.32 Å². The van der Waals surface area contributed by atoms with E-state index < -0.39 is 5.82 Å². The first-order valence-corrected chi connectivity index (χ1v) is 6.06. The Morgan fingerprint density at radius 1 is 1.56 bits per heavy atom. The maximum Gasteiger partial charge on any atom is 0.220 e. The van der Waals surface area contributed by atoms with Crippen molar-refractivity contribution in [2.24, 2.45) is 0 Å². The minimum Gasteiger partial charge on any atom is -0.396 e. The van der Waals surface area contributed by atoms with Gasteiger partial charge in [0.2, 0.25) is 5.91 Å². The van der Waals surface area contributed by atoms with E-state index in [-0.39, 0.29) is 11.6 Å². The van der Waals surface area contributed by atoms with Crippen molar-refractivity contribution in [3.8, 4) is 0 Å². The molecule has 5 heteroatoms. The Morgan fingerprint density at radius 3 is 2.94 bits per heavy atom. The molecule has 0 saturated heterocycles. The van der Waals surface area contributed by atoms with Crippen LogP contribution < -0.4 is 11.1 Å². The summed E-state index contributed by atoms with van der Waals surface area (Å²) in [7, 11) is 0. The summed E-state index contributed by atoms with van der Waals surface area (Å²) in [5.41, 5.74) is 5.50. The summed E-state index contributed by atoms with van der Waals surface area (Å²) >= 11 is 1.44. The lowest BCUT2D eigenvalue weighted by atomic mass is 10.3. The highest BCUT2D eigenvalue weighted by molar-refractivity contribution is 7.99. The predicted molar refractivity (Wildman–Crippen MR) is 64.8 cm³/mol. The van der Waals surface area contributed by atoms with E-state index in [1.807, 2.05) is 6.92 Å². The van der Waals surface area contributed by atoms with Crippen molar-refractivity contribution in [3.63, 3.8) is 0 Å². The third-order valence-electron chi connectivity index (χ3n) is 1.94. The largest absolute Gasteiger partial charge is 0.396 e. The first kappa shape index (κ1) is 12.8. The number of nitrogen functional groups attached to an aromatic ring is 1.